The van der Waals surface area contributed by atoms with Crippen molar-refractivity contribution < 1.29 is 23.8 Å². The van der Waals surface area contributed by atoms with Crippen LogP contribution < -0.4 is 0 Å². The van der Waals surface area contributed by atoms with Crippen LogP contribution in [0.25, 0.3) is 0 Å². The molecule has 5 nitrogen and oxygen atoms in total. The molecule has 0 aromatic heterocycles. The Hall–Kier alpha value is -2.04. The maximum absolute atomic E-state index is 12.2. The SMILES string of the molecule is C=C1CC(OC(C)C2OC(=O)C3CC(C)CC32)=CC(CCOC(=O)C(=C)C)C1. The molecule has 2 aliphatic carbocycles. The van der Waals surface area contributed by atoms with E-state index in [0.29, 0.717) is 24.5 Å². The van der Waals surface area contributed by atoms with Crippen LogP contribution in [0.1, 0.15) is 52.9 Å². The number of carbonyl (C=O) groups excluding carboxylic acids is 2. The highest BCUT2D eigenvalue weighted by Gasteiger charge is 2.51. The molecule has 0 radical (unpaired) electrons. The first-order valence-corrected chi connectivity index (χ1v) is 10.3. The van der Waals surface area contributed by atoms with Gasteiger partial charge in [0.2, 0.25) is 0 Å². The third kappa shape index (κ3) is 4.68. The molecule has 0 spiro atoms. The highest BCUT2D eigenvalue weighted by atomic mass is 16.6. The number of ether oxygens (including phenoxy) is 3. The van der Waals surface area contributed by atoms with Gasteiger partial charge >= 0.3 is 11.9 Å². The van der Waals surface area contributed by atoms with Gasteiger partial charge in [0.05, 0.1) is 18.3 Å². The van der Waals surface area contributed by atoms with E-state index in [4.69, 9.17) is 14.2 Å². The summed E-state index contributed by atoms with van der Waals surface area (Å²) in [4.78, 5) is 23.7. The molecule has 3 rings (SSSR count). The zero-order valence-corrected chi connectivity index (χ0v) is 17.2. The summed E-state index contributed by atoms with van der Waals surface area (Å²) in [5.41, 5.74) is 1.52. The topological polar surface area (TPSA) is 61.8 Å². The lowest BCUT2D eigenvalue weighted by atomic mass is 9.88. The van der Waals surface area contributed by atoms with E-state index in [1.807, 2.05) is 6.92 Å². The van der Waals surface area contributed by atoms with Crippen LogP contribution in [0.4, 0.5) is 0 Å². The Morgan fingerprint density at radius 1 is 1.39 bits per heavy atom. The van der Waals surface area contributed by atoms with E-state index in [1.54, 1.807) is 6.92 Å². The summed E-state index contributed by atoms with van der Waals surface area (Å²) in [7, 11) is 0. The average molecular weight is 389 g/mol. The molecule has 0 N–H and O–H groups in total. The Kier molecular flexibility index (Phi) is 6.31. The van der Waals surface area contributed by atoms with Gasteiger partial charge in [-0.25, -0.2) is 4.79 Å². The molecule has 1 saturated carbocycles. The van der Waals surface area contributed by atoms with Crippen molar-refractivity contribution in [2.75, 3.05) is 6.61 Å². The van der Waals surface area contributed by atoms with Gasteiger partial charge in [0.15, 0.2) is 0 Å². The molecule has 28 heavy (non-hydrogen) atoms. The number of hydrogen-bond donors (Lipinski definition) is 0. The van der Waals surface area contributed by atoms with Crippen molar-refractivity contribution in [1.82, 2.24) is 0 Å². The summed E-state index contributed by atoms with van der Waals surface area (Å²) in [6, 6.07) is 0. The van der Waals surface area contributed by atoms with Crippen LogP contribution in [0.5, 0.6) is 0 Å². The summed E-state index contributed by atoms with van der Waals surface area (Å²) < 4.78 is 17.1. The molecule has 154 valence electrons. The highest BCUT2D eigenvalue weighted by Crippen LogP contribution is 2.46. The largest absolute Gasteiger partial charge is 0.491 e. The molecule has 0 aromatic rings. The first-order chi connectivity index (χ1) is 13.2. The van der Waals surface area contributed by atoms with E-state index >= 15 is 0 Å². The van der Waals surface area contributed by atoms with Crippen molar-refractivity contribution in [3.63, 3.8) is 0 Å². The molecular formula is C23H32O5. The molecule has 0 bridgehead atoms. The quantitative estimate of drug-likeness (QED) is 0.369. The van der Waals surface area contributed by atoms with Gasteiger partial charge in [-0.3, -0.25) is 4.79 Å². The van der Waals surface area contributed by atoms with Crippen LogP contribution in [0, 0.1) is 23.7 Å². The minimum Gasteiger partial charge on any atom is -0.491 e. The first kappa shape index (κ1) is 20.7. The van der Waals surface area contributed by atoms with Crippen LogP contribution in [0.2, 0.25) is 0 Å². The standard InChI is InChI=1S/C23H32O5/c1-13(2)22(24)26-7-6-17-8-14(3)9-18(12-17)27-16(5)21-19-10-15(4)11-20(19)23(25)28-21/h12,15-17,19-21H,1,3,6-11H2,2,4-5H3. The van der Waals surface area contributed by atoms with E-state index in [1.165, 1.54) is 0 Å². The monoisotopic (exact) mass is 388 g/mol. The summed E-state index contributed by atoms with van der Waals surface area (Å²) in [6.45, 7) is 13.9. The lowest BCUT2D eigenvalue weighted by Gasteiger charge is -2.29. The maximum atomic E-state index is 12.2. The second kappa shape index (κ2) is 8.54. The molecule has 6 unspecified atom stereocenters. The van der Waals surface area contributed by atoms with E-state index in [2.05, 4.69) is 26.2 Å². The van der Waals surface area contributed by atoms with Gasteiger partial charge in [-0.15, -0.1) is 0 Å². The molecule has 0 amide bonds. The molecular weight excluding hydrogens is 356 g/mol. The highest BCUT2D eigenvalue weighted by molar-refractivity contribution is 5.86. The van der Waals surface area contributed by atoms with Gasteiger partial charge in [-0.1, -0.05) is 25.7 Å². The predicted octanol–water partition coefficient (Wildman–Crippen LogP) is 4.34. The van der Waals surface area contributed by atoms with Gasteiger partial charge < -0.3 is 14.2 Å². The molecule has 3 aliphatic rings. The van der Waals surface area contributed by atoms with Crippen molar-refractivity contribution in [3.8, 4) is 0 Å². The Morgan fingerprint density at radius 3 is 2.86 bits per heavy atom. The zero-order chi connectivity index (χ0) is 20.4. The second-order valence-electron chi connectivity index (χ2n) is 8.80. The number of allylic oxidation sites excluding steroid dienone is 2. The molecule has 1 aliphatic heterocycles. The van der Waals surface area contributed by atoms with E-state index in [-0.39, 0.29) is 41.9 Å². The molecule has 5 heteroatoms. The molecule has 1 saturated heterocycles. The number of esters is 2. The Balaban J connectivity index is 1.57. The number of fused-ring (bicyclic) bond motifs is 1. The third-order valence-corrected chi connectivity index (χ3v) is 6.09. The van der Waals surface area contributed by atoms with Crippen molar-refractivity contribution >= 4 is 11.9 Å². The van der Waals surface area contributed by atoms with Gasteiger partial charge in [0.25, 0.3) is 0 Å². The predicted molar refractivity (Wildman–Crippen MR) is 106 cm³/mol. The lowest BCUT2D eigenvalue weighted by molar-refractivity contribution is -0.149. The smallest absolute Gasteiger partial charge is 0.333 e. The fourth-order valence-corrected chi connectivity index (χ4v) is 4.79. The van der Waals surface area contributed by atoms with Gasteiger partial charge in [0.1, 0.15) is 12.2 Å². The molecule has 1 heterocycles. The third-order valence-electron chi connectivity index (χ3n) is 6.09. The summed E-state index contributed by atoms with van der Waals surface area (Å²) in [5, 5.41) is 0. The Bertz CT molecular complexity index is 691. The van der Waals surface area contributed by atoms with Crippen LogP contribution in [0.3, 0.4) is 0 Å². The van der Waals surface area contributed by atoms with Crippen LogP contribution in [0.15, 0.2) is 36.1 Å². The Morgan fingerprint density at radius 2 is 2.14 bits per heavy atom. The van der Waals surface area contributed by atoms with Crippen molar-refractivity contribution in [2.24, 2.45) is 23.7 Å². The lowest BCUT2D eigenvalue weighted by Crippen LogP contribution is -2.32. The van der Waals surface area contributed by atoms with Crippen LogP contribution in [-0.4, -0.2) is 30.8 Å². The fraction of sp³-hybridized carbons (Fsp3) is 0.652. The minimum absolute atomic E-state index is 0.0390. The number of hydrogen-bond acceptors (Lipinski definition) is 5. The number of rotatable bonds is 7. The van der Waals surface area contributed by atoms with Crippen molar-refractivity contribution in [1.29, 1.82) is 0 Å². The fourth-order valence-electron chi connectivity index (χ4n) is 4.79. The number of cyclic esters (lactones) is 1. The van der Waals surface area contributed by atoms with Gasteiger partial charge in [0, 0.05) is 17.9 Å². The zero-order valence-electron chi connectivity index (χ0n) is 17.2. The van der Waals surface area contributed by atoms with Crippen molar-refractivity contribution in [2.45, 2.75) is 65.1 Å². The van der Waals surface area contributed by atoms with E-state index < -0.39 is 0 Å². The summed E-state index contributed by atoms with van der Waals surface area (Å²) >= 11 is 0. The van der Waals surface area contributed by atoms with Crippen molar-refractivity contribution in [3.05, 3.63) is 36.1 Å². The normalized spacial score (nSPS) is 33.0. The average Bonchev–Trinajstić information content (AvgIpc) is 3.12. The molecule has 2 fully saturated rings. The first-order valence-electron chi connectivity index (χ1n) is 10.3. The minimum atomic E-state index is -0.355. The summed E-state index contributed by atoms with van der Waals surface area (Å²) in [5.74, 6) is 1.57. The van der Waals surface area contributed by atoms with Crippen LogP contribution >= 0.6 is 0 Å². The van der Waals surface area contributed by atoms with Crippen LogP contribution in [-0.2, 0) is 23.8 Å². The Labute approximate surface area is 167 Å². The maximum Gasteiger partial charge on any atom is 0.333 e. The second-order valence-corrected chi connectivity index (χ2v) is 8.80. The summed E-state index contributed by atoms with van der Waals surface area (Å²) in [6.07, 6.45) is 6.01. The molecule has 0 aromatic carbocycles. The number of carbonyl (C=O) groups is 2. The van der Waals surface area contributed by atoms with E-state index in [0.717, 1.165) is 37.0 Å². The van der Waals surface area contributed by atoms with E-state index in [9.17, 15) is 9.59 Å². The van der Waals surface area contributed by atoms with Gasteiger partial charge in [-0.2, -0.15) is 0 Å². The van der Waals surface area contributed by atoms with Gasteiger partial charge in [-0.05, 0) is 57.4 Å². The molecule has 6 atom stereocenters.